The molecule has 1 aromatic carbocycles. The molecular weight excluding hydrogens is 288 g/mol. The maximum atomic E-state index is 10.4. The number of benzene rings is 1. The van der Waals surface area contributed by atoms with E-state index in [0.29, 0.717) is 6.42 Å². The van der Waals surface area contributed by atoms with E-state index < -0.39 is 5.60 Å². The monoisotopic (exact) mass is 302 g/mol. The molecule has 1 atom stereocenters. The summed E-state index contributed by atoms with van der Waals surface area (Å²) in [6.07, 6.45) is 1.57. The summed E-state index contributed by atoms with van der Waals surface area (Å²) in [5.74, 6) is 2.72. The molecule has 1 unspecified atom stereocenters. The van der Waals surface area contributed by atoms with Crippen LogP contribution in [0.15, 0.2) is 22.7 Å². The van der Waals surface area contributed by atoms with E-state index in [1.165, 1.54) is 0 Å². The number of methoxy groups -OCH3 is 1. The molecule has 88 valence electrons. The van der Waals surface area contributed by atoms with Crippen molar-refractivity contribution in [1.29, 1.82) is 0 Å². The Kier molecular flexibility index (Phi) is 3.82. The van der Waals surface area contributed by atoms with Crippen molar-refractivity contribution in [2.24, 2.45) is 0 Å². The van der Waals surface area contributed by atoms with Crippen molar-refractivity contribution in [2.75, 3.05) is 18.6 Å². The number of hydrogen-bond acceptors (Lipinski definition) is 3. The van der Waals surface area contributed by atoms with E-state index in [4.69, 9.17) is 4.74 Å². The highest BCUT2D eigenvalue weighted by atomic mass is 79.9. The third-order valence-corrected chi connectivity index (χ3v) is 4.86. The van der Waals surface area contributed by atoms with Gasteiger partial charge in [-0.15, -0.1) is 0 Å². The first-order valence-corrected chi connectivity index (χ1v) is 7.20. The Morgan fingerprint density at radius 3 is 3.00 bits per heavy atom. The second-order valence-corrected chi connectivity index (χ2v) is 6.12. The SMILES string of the molecule is COc1ccc(Br)c(CC2(O)CCSC2)c1. The summed E-state index contributed by atoms with van der Waals surface area (Å²) in [6, 6.07) is 5.88. The molecule has 1 saturated heterocycles. The van der Waals surface area contributed by atoms with Gasteiger partial charge in [-0.3, -0.25) is 0 Å². The first-order valence-electron chi connectivity index (χ1n) is 5.25. The van der Waals surface area contributed by atoms with Gasteiger partial charge in [-0.05, 0) is 35.9 Å². The lowest BCUT2D eigenvalue weighted by atomic mass is 9.94. The average Bonchev–Trinajstić information content (AvgIpc) is 2.68. The van der Waals surface area contributed by atoms with Crippen LogP contribution in [-0.4, -0.2) is 29.3 Å². The van der Waals surface area contributed by atoms with Crippen molar-refractivity contribution in [3.05, 3.63) is 28.2 Å². The van der Waals surface area contributed by atoms with E-state index in [9.17, 15) is 5.11 Å². The molecule has 1 fully saturated rings. The van der Waals surface area contributed by atoms with Gasteiger partial charge < -0.3 is 9.84 Å². The predicted octanol–water partition coefficient (Wildman–Crippen LogP) is 2.87. The molecule has 0 amide bonds. The lowest BCUT2D eigenvalue weighted by Crippen LogP contribution is -2.30. The van der Waals surface area contributed by atoms with Crippen molar-refractivity contribution < 1.29 is 9.84 Å². The summed E-state index contributed by atoms with van der Waals surface area (Å²) in [7, 11) is 1.66. The zero-order valence-corrected chi connectivity index (χ0v) is 11.6. The number of rotatable bonds is 3. The Bertz CT molecular complexity index is 375. The van der Waals surface area contributed by atoms with Gasteiger partial charge in [0.25, 0.3) is 0 Å². The summed E-state index contributed by atoms with van der Waals surface area (Å²) in [6.45, 7) is 0. The number of hydrogen-bond donors (Lipinski definition) is 1. The van der Waals surface area contributed by atoms with Gasteiger partial charge in [0.2, 0.25) is 0 Å². The molecule has 0 radical (unpaired) electrons. The van der Waals surface area contributed by atoms with Crippen LogP contribution in [0.5, 0.6) is 5.75 Å². The molecule has 2 nitrogen and oxygen atoms in total. The molecule has 1 aliphatic rings. The largest absolute Gasteiger partial charge is 0.497 e. The normalized spacial score (nSPS) is 24.7. The van der Waals surface area contributed by atoms with E-state index in [2.05, 4.69) is 15.9 Å². The highest BCUT2D eigenvalue weighted by Crippen LogP contribution is 2.33. The Hall–Kier alpha value is -0.190. The molecule has 0 spiro atoms. The van der Waals surface area contributed by atoms with E-state index >= 15 is 0 Å². The van der Waals surface area contributed by atoms with Gasteiger partial charge in [-0.1, -0.05) is 15.9 Å². The fourth-order valence-corrected chi connectivity index (χ4v) is 3.59. The number of halogens is 1. The standard InChI is InChI=1S/C12H15BrO2S/c1-15-10-2-3-11(13)9(6-10)7-12(14)4-5-16-8-12/h2-3,6,14H,4-5,7-8H2,1H3. The molecule has 1 heterocycles. The minimum absolute atomic E-state index is 0.542. The van der Waals surface area contributed by atoms with Gasteiger partial charge >= 0.3 is 0 Å². The molecule has 0 saturated carbocycles. The maximum Gasteiger partial charge on any atom is 0.119 e. The highest BCUT2D eigenvalue weighted by Gasteiger charge is 2.32. The van der Waals surface area contributed by atoms with Crippen LogP contribution in [0.4, 0.5) is 0 Å². The Morgan fingerprint density at radius 1 is 1.56 bits per heavy atom. The van der Waals surface area contributed by atoms with Crippen molar-refractivity contribution in [3.63, 3.8) is 0 Å². The molecule has 2 rings (SSSR count). The second kappa shape index (κ2) is 4.98. The van der Waals surface area contributed by atoms with Crippen LogP contribution in [0.1, 0.15) is 12.0 Å². The van der Waals surface area contributed by atoms with E-state index in [1.807, 2.05) is 30.0 Å². The molecule has 0 aromatic heterocycles. The molecule has 1 aromatic rings. The first kappa shape index (κ1) is 12.3. The zero-order chi connectivity index (χ0) is 11.6. The van der Waals surface area contributed by atoms with E-state index in [1.54, 1.807) is 7.11 Å². The number of thioether (sulfide) groups is 1. The lowest BCUT2D eigenvalue weighted by Gasteiger charge is -2.22. The topological polar surface area (TPSA) is 29.5 Å². The van der Waals surface area contributed by atoms with Gasteiger partial charge in [0.05, 0.1) is 12.7 Å². The summed E-state index contributed by atoms with van der Waals surface area (Å²) >= 11 is 5.34. The smallest absolute Gasteiger partial charge is 0.119 e. The van der Waals surface area contributed by atoms with Crippen molar-refractivity contribution in [1.82, 2.24) is 0 Å². The quantitative estimate of drug-likeness (QED) is 0.931. The van der Waals surface area contributed by atoms with Crippen LogP contribution in [0.3, 0.4) is 0 Å². The fraction of sp³-hybridized carbons (Fsp3) is 0.500. The molecule has 1 N–H and O–H groups in total. The first-order chi connectivity index (χ1) is 7.63. The van der Waals surface area contributed by atoms with Gasteiger partial charge in [-0.25, -0.2) is 0 Å². The van der Waals surface area contributed by atoms with Crippen LogP contribution in [0, 0.1) is 0 Å². The molecular formula is C12H15BrO2S. The van der Waals surface area contributed by atoms with Crippen LogP contribution < -0.4 is 4.74 Å². The highest BCUT2D eigenvalue weighted by molar-refractivity contribution is 9.10. The van der Waals surface area contributed by atoms with Crippen LogP contribution in [0.25, 0.3) is 0 Å². The van der Waals surface area contributed by atoms with Crippen LogP contribution >= 0.6 is 27.7 Å². The lowest BCUT2D eigenvalue weighted by molar-refractivity contribution is 0.0684. The minimum Gasteiger partial charge on any atom is -0.497 e. The van der Waals surface area contributed by atoms with Crippen LogP contribution in [0.2, 0.25) is 0 Å². The third kappa shape index (κ3) is 2.73. The Balaban J connectivity index is 2.19. The molecule has 0 bridgehead atoms. The second-order valence-electron chi connectivity index (χ2n) is 4.16. The maximum absolute atomic E-state index is 10.4. The summed E-state index contributed by atoms with van der Waals surface area (Å²) in [5, 5.41) is 10.4. The third-order valence-electron chi connectivity index (χ3n) is 2.85. The molecule has 1 aliphatic heterocycles. The number of aliphatic hydroxyl groups is 1. The van der Waals surface area contributed by atoms with Gasteiger partial charge in [0.15, 0.2) is 0 Å². The molecule has 0 aliphatic carbocycles. The summed E-state index contributed by atoms with van der Waals surface area (Å²) < 4.78 is 6.24. The molecule has 16 heavy (non-hydrogen) atoms. The van der Waals surface area contributed by atoms with E-state index in [-0.39, 0.29) is 0 Å². The van der Waals surface area contributed by atoms with Crippen molar-refractivity contribution in [2.45, 2.75) is 18.4 Å². The van der Waals surface area contributed by atoms with Crippen molar-refractivity contribution in [3.8, 4) is 5.75 Å². The van der Waals surface area contributed by atoms with Gasteiger partial charge in [0.1, 0.15) is 5.75 Å². The van der Waals surface area contributed by atoms with Gasteiger partial charge in [0, 0.05) is 16.6 Å². The van der Waals surface area contributed by atoms with Crippen LogP contribution in [-0.2, 0) is 6.42 Å². The minimum atomic E-state index is -0.542. The van der Waals surface area contributed by atoms with Crippen molar-refractivity contribution >= 4 is 27.7 Å². The Labute approximate surface area is 109 Å². The summed E-state index contributed by atoms with van der Waals surface area (Å²) in [5.41, 5.74) is 0.573. The summed E-state index contributed by atoms with van der Waals surface area (Å²) in [4.78, 5) is 0. The fourth-order valence-electron chi connectivity index (χ4n) is 1.90. The number of ether oxygens (including phenoxy) is 1. The van der Waals surface area contributed by atoms with Gasteiger partial charge in [-0.2, -0.15) is 11.8 Å². The van der Waals surface area contributed by atoms with E-state index in [0.717, 1.165) is 33.7 Å². The predicted molar refractivity (Wildman–Crippen MR) is 71.3 cm³/mol. The Morgan fingerprint density at radius 2 is 2.38 bits per heavy atom. The average molecular weight is 303 g/mol. The molecule has 4 heteroatoms. The zero-order valence-electron chi connectivity index (χ0n) is 9.20.